The smallest absolute Gasteiger partial charge is 0.233 e. The van der Waals surface area contributed by atoms with Gasteiger partial charge in [0.2, 0.25) is 6.29 Å². The van der Waals surface area contributed by atoms with E-state index < -0.39 is 0 Å². The molecule has 2 heteroatoms. The maximum absolute atomic E-state index is 10.5. The Hall–Kier alpha value is -0.820. The normalized spacial score (nSPS) is 12.5. The van der Waals surface area contributed by atoms with Gasteiger partial charge in [-0.15, -0.1) is 11.6 Å². The minimum atomic E-state index is 0.399. The van der Waals surface area contributed by atoms with Crippen molar-refractivity contribution in [2.75, 3.05) is 5.88 Å². The van der Waals surface area contributed by atoms with Crippen molar-refractivity contribution in [3.05, 3.63) is 35.4 Å². The predicted octanol–water partition coefficient (Wildman–Crippen LogP) is 2.56. The first-order chi connectivity index (χ1) is 6.27. The van der Waals surface area contributed by atoms with Gasteiger partial charge < -0.3 is 0 Å². The van der Waals surface area contributed by atoms with Crippen molar-refractivity contribution in [3.63, 3.8) is 0 Å². The number of alkyl halides is 1. The average molecular weight is 196 g/mol. The van der Waals surface area contributed by atoms with Crippen LogP contribution in [0.2, 0.25) is 0 Å². The Balaban J connectivity index is 2.80. The zero-order chi connectivity index (χ0) is 9.68. The van der Waals surface area contributed by atoms with E-state index in [4.69, 9.17) is 11.6 Å². The molecular weight excluding hydrogens is 184 g/mol. The van der Waals surface area contributed by atoms with E-state index >= 15 is 0 Å². The highest BCUT2D eigenvalue weighted by Gasteiger charge is 2.05. The van der Waals surface area contributed by atoms with Gasteiger partial charge in [0.05, 0.1) is 0 Å². The van der Waals surface area contributed by atoms with E-state index in [9.17, 15) is 4.79 Å². The van der Waals surface area contributed by atoms with Gasteiger partial charge in [0, 0.05) is 11.4 Å². The third-order valence-corrected chi connectivity index (χ3v) is 2.49. The number of halogens is 1. The van der Waals surface area contributed by atoms with Gasteiger partial charge in [-0.1, -0.05) is 31.2 Å². The number of rotatable bonds is 4. The second-order valence-electron chi connectivity index (χ2n) is 3.22. The molecule has 0 amide bonds. The minimum Gasteiger partial charge on any atom is -0.285 e. The molecular formula is C11H12ClO. The van der Waals surface area contributed by atoms with Crippen LogP contribution in [-0.4, -0.2) is 12.2 Å². The summed E-state index contributed by atoms with van der Waals surface area (Å²) in [5.41, 5.74) is 1.69. The SMILES string of the molecule is CC(CCl)Cc1ccccc1[C]=O. The van der Waals surface area contributed by atoms with Crippen molar-refractivity contribution in [1.82, 2.24) is 0 Å². The van der Waals surface area contributed by atoms with Crippen LogP contribution >= 0.6 is 11.6 Å². The highest BCUT2D eigenvalue weighted by Crippen LogP contribution is 2.13. The van der Waals surface area contributed by atoms with E-state index in [1.165, 1.54) is 0 Å². The molecule has 0 N–H and O–H groups in total. The van der Waals surface area contributed by atoms with Gasteiger partial charge in [-0.25, -0.2) is 0 Å². The lowest BCUT2D eigenvalue weighted by atomic mass is 9.99. The lowest BCUT2D eigenvalue weighted by Gasteiger charge is -2.08. The quantitative estimate of drug-likeness (QED) is 0.675. The molecule has 0 fully saturated rings. The van der Waals surface area contributed by atoms with Crippen molar-refractivity contribution in [3.8, 4) is 0 Å². The average Bonchev–Trinajstić information content (AvgIpc) is 2.18. The van der Waals surface area contributed by atoms with Crippen molar-refractivity contribution < 1.29 is 4.79 Å². The van der Waals surface area contributed by atoms with Crippen LogP contribution in [0.25, 0.3) is 0 Å². The topological polar surface area (TPSA) is 17.1 Å². The fourth-order valence-corrected chi connectivity index (χ4v) is 1.34. The Morgan fingerprint density at radius 3 is 2.77 bits per heavy atom. The maximum Gasteiger partial charge on any atom is 0.233 e. The molecule has 0 saturated carbocycles. The van der Waals surface area contributed by atoms with Gasteiger partial charge >= 0.3 is 0 Å². The molecule has 1 nitrogen and oxygen atoms in total. The molecule has 1 aromatic rings. The van der Waals surface area contributed by atoms with Gasteiger partial charge in [-0.3, -0.25) is 4.79 Å². The molecule has 1 radical (unpaired) electrons. The van der Waals surface area contributed by atoms with Crippen LogP contribution in [-0.2, 0) is 11.2 Å². The second kappa shape index (κ2) is 5.03. The summed E-state index contributed by atoms with van der Waals surface area (Å²) in [5.74, 6) is 1.02. The third-order valence-electron chi connectivity index (χ3n) is 1.96. The standard InChI is InChI=1S/C11H12ClO/c1-9(7-12)6-10-4-2-3-5-11(10)8-13/h2-5,9H,6-7H2,1H3. The highest BCUT2D eigenvalue weighted by atomic mass is 35.5. The Kier molecular flexibility index (Phi) is 3.97. The van der Waals surface area contributed by atoms with Gasteiger partial charge in [0.25, 0.3) is 0 Å². The monoisotopic (exact) mass is 195 g/mol. The fraction of sp³-hybridized carbons (Fsp3) is 0.364. The van der Waals surface area contributed by atoms with Gasteiger partial charge in [0.15, 0.2) is 0 Å². The molecule has 0 bridgehead atoms. The summed E-state index contributed by atoms with van der Waals surface area (Å²) in [7, 11) is 0. The van der Waals surface area contributed by atoms with Crippen LogP contribution in [0.5, 0.6) is 0 Å². The fourth-order valence-electron chi connectivity index (χ4n) is 1.23. The number of carbonyl (C=O) groups excluding carboxylic acids is 1. The lowest BCUT2D eigenvalue weighted by Crippen LogP contribution is -2.03. The lowest BCUT2D eigenvalue weighted by molar-refractivity contribution is 0.561. The summed E-state index contributed by atoms with van der Waals surface area (Å²) in [5, 5.41) is 0. The van der Waals surface area contributed by atoms with E-state index in [1.807, 2.05) is 24.5 Å². The van der Waals surface area contributed by atoms with Crippen molar-refractivity contribution in [2.24, 2.45) is 5.92 Å². The first-order valence-electron chi connectivity index (χ1n) is 4.30. The molecule has 0 aromatic heterocycles. The Morgan fingerprint density at radius 2 is 2.15 bits per heavy atom. The summed E-state index contributed by atoms with van der Waals surface area (Å²) in [6.45, 7) is 2.06. The zero-order valence-electron chi connectivity index (χ0n) is 7.59. The van der Waals surface area contributed by atoms with Gasteiger partial charge in [0.1, 0.15) is 0 Å². The first kappa shape index (κ1) is 10.3. The van der Waals surface area contributed by atoms with Crippen molar-refractivity contribution >= 4 is 17.9 Å². The Labute approximate surface area is 83.7 Å². The van der Waals surface area contributed by atoms with Gasteiger partial charge in [-0.2, -0.15) is 0 Å². The molecule has 0 spiro atoms. The molecule has 1 rings (SSSR count). The summed E-state index contributed by atoms with van der Waals surface area (Å²) in [4.78, 5) is 10.5. The largest absolute Gasteiger partial charge is 0.285 e. The third kappa shape index (κ3) is 2.85. The first-order valence-corrected chi connectivity index (χ1v) is 4.83. The minimum absolute atomic E-state index is 0.399. The number of hydrogen-bond donors (Lipinski definition) is 0. The summed E-state index contributed by atoms with van der Waals surface area (Å²) in [6.07, 6.45) is 2.77. The van der Waals surface area contributed by atoms with E-state index in [-0.39, 0.29) is 0 Å². The molecule has 13 heavy (non-hydrogen) atoms. The van der Waals surface area contributed by atoms with E-state index in [0.29, 0.717) is 17.4 Å². The molecule has 69 valence electrons. The van der Waals surface area contributed by atoms with Crippen molar-refractivity contribution in [2.45, 2.75) is 13.3 Å². The van der Waals surface area contributed by atoms with Crippen LogP contribution in [0.15, 0.2) is 24.3 Å². The van der Waals surface area contributed by atoms with E-state index in [2.05, 4.69) is 6.92 Å². The molecule has 0 aliphatic carbocycles. The predicted molar refractivity (Wildman–Crippen MR) is 54.8 cm³/mol. The zero-order valence-corrected chi connectivity index (χ0v) is 8.34. The summed E-state index contributed by atoms with van der Waals surface area (Å²) in [6, 6.07) is 7.50. The Bertz CT molecular complexity index is 283. The van der Waals surface area contributed by atoms with E-state index in [0.717, 1.165) is 12.0 Å². The molecule has 0 saturated heterocycles. The summed E-state index contributed by atoms with van der Waals surface area (Å²) >= 11 is 5.70. The molecule has 0 aliphatic heterocycles. The van der Waals surface area contributed by atoms with Gasteiger partial charge in [-0.05, 0) is 17.9 Å². The van der Waals surface area contributed by atoms with Crippen LogP contribution in [0.4, 0.5) is 0 Å². The Morgan fingerprint density at radius 1 is 1.46 bits per heavy atom. The molecule has 0 heterocycles. The van der Waals surface area contributed by atoms with E-state index in [1.54, 1.807) is 6.07 Å². The van der Waals surface area contributed by atoms with Crippen LogP contribution in [0.3, 0.4) is 0 Å². The molecule has 1 unspecified atom stereocenters. The maximum atomic E-state index is 10.5. The van der Waals surface area contributed by atoms with Crippen LogP contribution < -0.4 is 0 Å². The second-order valence-corrected chi connectivity index (χ2v) is 3.53. The van der Waals surface area contributed by atoms with Crippen LogP contribution in [0.1, 0.15) is 18.1 Å². The number of benzene rings is 1. The van der Waals surface area contributed by atoms with Crippen molar-refractivity contribution in [1.29, 1.82) is 0 Å². The molecule has 0 aliphatic rings. The molecule has 1 atom stereocenters. The van der Waals surface area contributed by atoms with Crippen LogP contribution in [0, 0.1) is 5.92 Å². The summed E-state index contributed by atoms with van der Waals surface area (Å²) < 4.78 is 0. The number of hydrogen-bond acceptors (Lipinski definition) is 1. The highest BCUT2D eigenvalue weighted by molar-refractivity contribution is 6.18. The molecule has 1 aromatic carbocycles.